The highest BCUT2D eigenvalue weighted by Gasteiger charge is 2.33. The Morgan fingerprint density at radius 1 is 1.20 bits per heavy atom. The summed E-state index contributed by atoms with van der Waals surface area (Å²) in [7, 11) is 3.48. The van der Waals surface area contributed by atoms with Gasteiger partial charge in [0, 0.05) is 32.1 Å². The Labute approximate surface area is 144 Å². The molecule has 0 aliphatic carbocycles. The summed E-state index contributed by atoms with van der Waals surface area (Å²) in [5.41, 5.74) is 2.19. The lowest BCUT2D eigenvalue weighted by atomic mass is 9.97. The molecule has 0 saturated heterocycles. The molecule has 1 aliphatic heterocycles. The van der Waals surface area contributed by atoms with Crippen molar-refractivity contribution in [3.05, 3.63) is 75.3 Å². The van der Waals surface area contributed by atoms with E-state index in [1.165, 1.54) is 6.07 Å². The maximum Gasteiger partial charge on any atom is 0.339 e. The second-order valence-corrected chi connectivity index (χ2v) is 5.85. The number of carbonyl (C=O) groups is 1. The van der Waals surface area contributed by atoms with E-state index >= 15 is 0 Å². The van der Waals surface area contributed by atoms with Crippen molar-refractivity contribution in [3.63, 3.8) is 0 Å². The lowest BCUT2D eigenvalue weighted by molar-refractivity contribution is -0.385. The first-order valence-corrected chi connectivity index (χ1v) is 7.76. The van der Waals surface area contributed by atoms with Crippen LogP contribution >= 0.6 is 0 Å². The van der Waals surface area contributed by atoms with Crippen molar-refractivity contribution in [1.82, 2.24) is 5.01 Å². The van der Waals surface area contributed by atoms with Crippen LogP contribution in [0, 0.1) is 10.1 Å². The molecular formula is C18H17N3O4. The topological polar surface area (TPSA) is 85.0 Å². The average molecular weight is 339 g/mol. The van der Waals surface area contributed by atoms with Gasteiger partial charge in [-0.15, -0.1) is 0 Å². The first-order valence-electron chi connectivity index (χ1n) is 7.76. The van der Waals surface area contributed by atoms with Crippen molar-refractivity contribution in [2.45, 2.75) is 12.5 Å². The highest BCUT2D eigenvalue weighted by Crippen LogP contribution is 2.35. The summed E-state index contributed by atoms with van der Waals surface area (Å²) in [4.78, 5) is 22.9. The quantitative estimate of drug-likeness (QED) is 0.361. The summed E-state index contributed by atoms with van der Waals surface area (Å²) in [6, 6.07) is 13.6. The number of hydrogen-bond acceptors (Lipinski definition) is 6. The minimum atomic E-state index is -0.512. The first-order chi connectivity index (χ1) is 12.0. The van der Waals surface area contributed by atoms with Gasteiger partial charge in [0.25, 0.3) is 5.69 Å². The van der Waals surface area contributed by atoms with Crippen molar-refractivity contribution in [1.29, 1.82) is 0 Å². The van der Waals surface area contributed by atoms with Crippen LogP contribution in [0.3, 0.4) is 0 Å². The van der Waals surface area contributed by atoms with E-state index in [0.717, 1.165) is 5.56 Å². The predicted molar refractivity (Wildman–Crippen MR) is 92.5 cm³/mol. The number of fused-ring (bicyclic) bond motifs is 1. The molecule has 0 fully saturated rings. The van der Waals surface area contributed by atoms with E-state index in [1.54, 1.807) is 49.4 Å². The number of hydrogen-bond donors (Lipinski definition) is 0. The summed E-state index contributed by atoms with van der Waals surface area (Å²) < 4.78 is 5.46. The standard InChI is InChI=1S/C18H17N3O4/c1-20(2)19-15(14-9-5-6-10-16(14)21(23)24)11-17-12-7-3-4-8-13(12)18(22)25-17/h3-10,17H,11H2,1-2H3. The Hall–Kier alpha value is -3.22. The molecule has 0 aromatic heterocycles. The zero-order valence-electron chi connectivity index (χ0n) is 13.9. The zero-order chi connectivity index (χ0) is 18.0. The molecule has 128 valence electrons. The molecule has 3 rings (SSSR count). The van der Waals surface area contributed by atoms with E-state index in [1.807, 2.05) is 12.1 Å². The van der Waals surface area contributed by atoms with Crippen LogP contribution in [0.4, 0.5) is 5.69 Å². The smallest absolute Gasteiger partial charge is 0.339 e. The number of nitro groups is 1. The number of ether oxygens (including phenoxy) is 1. The number of hydrazone groups is 1. The van der Waals surface area contributed by atoms with Crippen LogP contribution in [0.1, 0.15) is 34.0 Å². The fourth-order valence-electron chi connectivity index (χ4n) is 2.87. The molecular weight excluding hydrogens is 322 g/mol. The molecule has 0 bridgehead atoms. The summed E-state index contributed by atoms with van der Waals surface area (Å²) in [5, 5.41) is 17.3. The highest BCUT2D eigenvalue weighted by molar-refractivity contribution is 6.05. The normalized spacial score (nSPS) is 16.3. The number of benzene rings is 2. The van der Waals surface area contributed by atoms with Gasteiger partial charge in [-0.25, -0.2) is 4.79 Å². The lowest BCUT2D eigenvalue weighted by Gasteiger charge is -2.15. The molecule has 0 N–H and O–H groups in total. The SMILES string of the molecule is CN(C)N=C(CC1OC(=O)c2ccccc21)c1ccccc1[N+](=O)[O-]. The monoisotopic (exact) mass is 339 g/mol. The first kappa shape index (κ1) is 16.6. The van der Waals surface area contributed by atoms with Gasteiger partial charge < -0.3 is 9.75 Å². The lowest BCUT2D eigenvalue weighted by Crippen LogP contribution is -2.15. The van der Waals surface area contributed by atoms with Gasteiger partial charge in [-0.1, -0.05) is 30.3 Å². The largest absolute Gasteiger partial charge is 0.453 e. The Balaban J connectivity index is 2.00. The van der Waals surface area contributed by atoms with Gasteiger partial charge in [0.2, 0.25) is 0 Å². The number of carbonyl (C=O) groups excluding carboxylic acids is 1. The van der Waals surface area contributed by atoms with Crippen molar-refractivity contribution in [3.8, 4) is 0 Å². The molecule has 0 spiro atoms. The maximum atomic E-state index is 12.0. The van der Waals surface area contributed by atoms with Crippen molar-refractivity contribution >= 4 is 17.4 Å². The molecule has 0 amide bonds. The van der Waals surface area contributed by atoms with E-state index in [9.17, 15) is 14.9 Å². The Morgan fingerprint density at radius 3 is 2.60 bits per heavy atom. The highest BCUT2D eigenvalue weighted by atomic mass is 16.6. The molecule has 7 nitrogen and oxygen atoms in total. The molecule has 0 saturated carbocycles. The molecule has 2 aromatic rings. The molecule has 1 heterocycles. The van der Waals surface area contributed by atoms with Crippen LogP contribution in [0.2, 0.25) is 0 Å². The molecule has 7 heteroatoms. The molecule has 2 aromatic carbocycles. The summed E-state index contributed by atoms with van der Waals surface area (Å²) >= 11 is 0. The Bertz CT molecular complexity index is 861. The van der Waals surface area contributed by atoms with Crippen LogP contribution in [-0.2, 0) is 4.74 Å². The second kappa shape index (κ2) is 6.72. The Kier molecular flexibility index (Phi) is 4.47. The van der Waals surface area contributed by atoms with Crippen LogP contribution in [0.25, 0.3) is 0 Å². The Morgan fingerprint density at radius 2 is 1.88 bits per heavy atom. The number of nitrogens with zero attached hydrogens (tertiary/aromatic N) is 3. The molecule has 0 radical (unpaired) electrons. The zero-order valence-corrected chi connectivity index (χ0v) is 13.9. The third-order valence-corrected chi connectivity index (χ3v) is 3.89. The van der Waals surface area contributed by atoms with Crippen LogP contribution in [-0.4, -0.2) is 35.7 Å². The van der Waals surface area contributed by atoms with Gasteiger partial charge in [0.05, 0.1) is 21.8 Å². The van der Waals surface area contributed by atoms with Crippen LogP contribution < -0.4 is 0 Å². The predicted octanol–water partition coefficient (Wildman–Crippen LogP) is 3.16. The second-order valence-electron chi connectivity index (χ2n) is 5.85. The number of nitro benzene ring substituents is 1. The summed E-state index contributed by atoms with van der Waals surface area (Å²) in [6.45, 7) is 0. The number of cyclic esters (lactones) is 1. The van der Waals surface area contributed by atoms with E-state index in [2.05, 4.69) is 5.10 Å². The van der Waals surface area contributed by atoms with Gasteiger partial charge in [0.15, 0.2) is 0 Å². The average Bonchev–Trinajstić information content (AvgIpc) is 2.90. The molecule has 25 heavy (non-hydrogen) atoms. The third-order valence-electron chi connectivity index (χ3n) is 3.89. The van der Waals surface area contributed by atoms with E-state index in [0.29, 0.717) is 16.8 Å². The van der Waals surface area contributed by atoms with E-state index < -0.39 is 11.0 Å². The van der Waals surface area contributed by atoms with Gasteiger partial charge >= 0.3 is 5.97 Å². The van der Waals surface area contributed by atoms with Crippen LogP contribution in [0.15, 0.2) is 53.6 Å². The number of esters is 1. The maximum absolute atomic E-state index is 12.0. The number of para-hydroxylation sites is 1. The summed E-state index contributed by atoms with van der Waals surface area (Å²) in [6.07, 6.45) is -0.256. The minimum Gasteiger partial charge on any atom is -0.453 e. The molecule has 1 atom stereocenters. The fraction of sp³-hybridized carbons (Fsp3) is 0.222. The van der Waals surface area contributed by atoms with Gasteiger partial charge in [-0.05, 0) is 12.1 Å². The third kappa shape index (κ3) is 3.35. The molecule has 1 unspecified atom stereocenters. The minimum absolute atomic E-state index is 0.0271. The molecule has 1 aliphatic rings. The fourth-order valence-corrected chi connectivity index (χ4v) is 2.87. The summed E-state index contributed by atoms with van der Waals surface area (Å²) in [5.74, 6) is -0.382. The van der Waals surface area contributed by atoms with Gasteiger partial charge in [0.1, 0.15) is 6.10 Å². The van der Waals surface area contributed by atoms with Gasteiger partial charge in [-0.2, -0.15) is 5.10 Å². The van der Waals surface area contributed by atoms with Crippen LogP contribution in [0.5, 0.6) is 0 Å². The van der Waals surface area contributed by atoms with E-state index in [4.69, 9.17) is 4.74 Å². The van der Waals surface area contributed by atoms with E-state index in [-0.39, 0.29) is 18.1 Å². The van der Waals surface area contributed by atoms with Crippen molar-refractivity contribution < 1.29 is 14.5 Å². The van der Waals surface area contributed by atoms with Crippen molar-refractivity contribution in [2.24, 2.45) is 5.10 Å². The van der Waals surface area contributed by atoms with Crippen molar-refractivity contribution in [2.75, 3.05) is 14.1 Å². The van der Waals surface area contributed by atoms with Gasteiger partial charge in [-0.3, -0.25) is 10.1 Å². The number of rotatable bonds is 5.